The van der Waals surface area contributed by atoms with Crippen molar-refractivity contribution in [2.24, 2.45) is 0 Å². The Morgan fingerprint density at radius 3 is 2.81 bits per heavy atom. The number of hydrogen-bond acceptors (Lipinski definition) is 4. The Morgan fingerprint density at radius 2 is 2.25 bits per heavy atom. The standard InChI is InChI=1S/C10H11N3O3/c1-6(14)9(11)7-3-2-4-12-10(7)13-5-8(15)16/h2-4,11H,5H2,1H3,(H,12,13)(H,15,16)/p+1. The highest BCUT2D eigenvalue weighted by molar-refractivity contribution is 6.43. The number of nitrogens with zero attached hydrogens (tertiary/aromatic N) is 1. The van der Waals surface area contributed by atoms with E-state index < -0.39 is 5.97 Å². The molecule has 0 amide bonds. The Labute approximate surface area is 91.8 Å². The van der Waals surface area contributed by atoms with Crippen LogP contribution in [0.25, 0.3) is 0 Å². The average Bonchev–Trinajstić information content (AvgIpc) is 2.25. The highest BCUT2D eigenvalue weighted by Gasteiger charge is 2.17. The van der Waals surface area contributed by atoms with E-state index in [1.165, 1.54) is 13.1 Å². The highest BCUT2D eigenvalue weighted by Crippen LogP contribution is 2.10. The van der Waals surface area contributed by atoms with Gasteiger partial charge in [0.1, 0.15) is 12.4 Å². The van der Waals surface area contributed by atoms with E-state index in [1.54, 1.807) is 12.1 Å². The molecule has 1 heterocycles. The van der Waals surface area contributed by atoms with E-state index in [9.17, 15) is 9.59 Å². The Balaban J connectivity index is 2.96. The Kier molecular flexibility index (Phi) is 3.71. The van der Waals surface area contributed by atoms with E-state index in [-0.39, 0.29) is 23.9 Å². The van der Waals surface area contributed by atoms with E-state index >= 15 is 0 Å². The van der Waals surface area contributed by atoms with Crippen LogP contribution in [0.3, 0.4) is 0 Å². The molecule has 0 radical (unpaired) electrons. The molecule has 1 rings (SSSR count). The second-order valence-corrected chi connectivity index (χ2v) is 3.12. The molecule has 0 aliphatic heterocycles. The second-order valence-electron chi connectivity index (χ2n) is 3.12. The molecule has 0 bridgehead atoms. The maximum atomic E-state index is 11.1. The number of hydrogen-bond donors (Lipinski definition) is 3. The molecule has 6 nitrogen and oxygen atoms in total. The zero-order valence-corrected chi connectivity index (χ0v) is 8.73. The van der Waals surface area contributed by atoms with Crippen molar-refractivity contribution in [3.05, 3.63) is 23.9 Å². The third-order valence-electron chi connectivity index (χ3n) is 1.88. The molecule has 6 heteroatoms. The Morgan fingerprint density at radius 1 is 1.56 bits per heavy atom. The molecule has 0 aliphatic rings. The Bertz CT molecular complexity index is 443. The van der Waals surface area contributed by atoms with Crippen molar-refractivity contribution in [2.75, 3.05) is 11.9 Å². The van der Waals surface area contributed by atoms with Crippen LogP contribution >= 0.6 is 0 Å². The number of pyridine rings is 1. The first-order valence-corrected chi connectivity index (χ1v) is 4.56. The summed E-state index contributed by atoms with van der Waals surface area (Å²) in [5.74, 6) is -1.01. The maximum absolute atomic E-state index is 11.1. The maximum Gasteiger partial charge on any atom is 0.322 e. The van der Waals surface area contributed by atoms with Crippen molar-refractivity contribution in [3.63, 3.8) is 0 Å². The largest absolute Gasteiger partial charge is 0.480 e. The van der Waals surface area contributed by atoms with Crippen LogP contribution in [-0.2, 0) is 9.59 Å². The Hall–Kier alpha value is -2.24. The number of aromatic nitrogens is 1. The number of rotatable bonds is 5. The van der Waals surface area contributed by atoms with Crippen molar-refractivity contribution in [2.45, 2.75) is 6.92 Å². The van der Waals surface area contributed by atoms with Crippen LogP contribution < -0.4 is 10.7 Å². The summed E-state index contributed by atoms with van der Waals surface area (Å²) in [5, 5.41) is 16.7. The lowest BCUT2D eigenvalue weighted by atomic mass is 10.1. The van der Waals surface area contributed by atoms with E-state index in [2.05, 4.69) is 10.3 Å². The highest BCUT2D eigenvalue weighted by atomic mass is 16.4. The van der Waals surface area contributed by atoms with Crippen molar-refractivity contribution >= 4 is 23.3 Å². The number of carboxylic acids is 1. The molecule has 84 valence electrons. The third-order valence-corrected chi connectivity index (χ3v) is 1.88. The summed E-state index contributed by atoms with van der Waals surface area (Å²) < 4.78 is 0. The summed E-state index contributed by atoms with van der Waals surface area (Å²) in [6, 6.07) is 3.23. The van der Waals surface area contributed by atoms with Gasteiger partial charge in [0.15, 0.2) is 0 Å². The number of anilines is 1. The molecule has 0 saturated carbocycles. The summed E-state index contributed by atoms with van der Waals surface area (Å²) >= 11 is 0. The number of carboxylic acid groups (broad SMARTS) is 1. The number of nitrogens with two attached hydrogens (primary N) is 1. The van der Waals surface area contributed by atoms with Gasteiger partial charge in [0.2, 0.25) is 5.78 Å². The summed E-state index contributed by atoms with van der Waals surface area (Å²) in [7, 11) is 0. The topological polar surface area (TPSA) is 105 Å². The van der Waals surface area contributed by atoms with E-state index in [4.69, 9.17) is 10.5 Å². The van der Waals surface area contributed by atoms with Crippen LogP contribution in [0, 0.1) is 0 Å². The number of ketones is 1. The minimum absolute atomic E-state index is 0.0565. The van der Waals surface area contributed by atoms with Crippen LogP contribution in [0.5, 0.6) is 0 Å². The molecule has 0 fully saturated rings. The van der Waals surface area contributed by atoms with Gasteiger partial charge in [-0.1, -0.05) is 0 Å². The summed E-state index contributed by atoms with van der Waals surface area (Å²) in [4.78, 5) is 25.4. The smallest absolute Gasteiger partial charge is 0.322 e. The average molecular weight is 222 g/mol. The van der Waals surface area contributed by atoms with E-state index in [1.807, 2.05) is 0 Å². The van der Waals surface area contributed by atoms with Gasteiger partial charge in [-0.05, 0) is 12.1 Å². The monoisotopic (exact) mass is 222 g/mol. The van der Waals surface area contributed by atoms with Crippen molar-refractivity contribution in [3.8, 4) is 0 Å². The second kappa shape index (κ2) is 5.01. The lowest BCUT2D eigenvalue weighted by Crippen LogP contribution is -2.45. The van der Waals surface area contributed by atoms with Crippen molar-refractivity contribution in [1.29, 1.82) is 0 Å². The fourth-order valence-electron chi connectivity index (χ4n) is 1.11. The molecular formula is C10H12N3O3+. The minimum Gasteiger partial charge on any atom is -0.480 e. The number of nitrogens with one attached hydrogen (secondary N) is 1. The number of carbonyl (C=O) groups excluding carboxylic acids is 1. The molecule has 16 heavy (non-hydrogen) atoms. The zero-order chi connectivity index (χ0) is 12.1. The zero-order valence-electron chi connectivity index (χ0n) is 8.73. The molecule has 0 atom stereocenters. The minimum atomic E-state index is -1.02. The summed E-state index contributed by atoms with van der Waals surface area (Å²) in [6.45, 7) is 1.05. The van der Waals surface area contributed by atoms with Crippen molar-refractivity contribution < 1.29 is 20.1 Å². The molecule has 0 saturated heterocycles. The van der Waals surface area contributed by atoms with Crippen LogP contribution in [0.2, 0.25) is 0 Å². The molecular weight excluding hydrogens is 210 g/mol. The van der Waals surface area contributed by atoms with Gasteiger partial charge >= 0.3 is 5.97 Å². The number of carbonyl (C=O) groups is 2. The van der Waals surface area contributed by atoms with Gasteiger partial charge in [-0.25, -0.2) is 4.98 Å². The fraction of sp³-hybridized carbons (Fsp3) is 0.200. The molecule has 0 spiro atoms. The number of Topliss-reactive ketones (excluding diaryl/α,β-unsaturated/α-hetero) is 1. The van der Waals surface area contributed by atoms with Gasteiger partial charge in [0.05, 0.1) is 5.56 Å². The fourth-order valence-corrected chi connectivity index (χ4v) is 1.11. The first kappa shape index (κ1) is 11.8. The first-order valence-electron chi connectivity index (χ1n) is 4.56. The normalized spacial score (nSPS) is 9.56. The first-order chi connectivity index (χ1) is 7.52. The summed E-state index contributed by atoms with van der Waals surface area (Å²) in [5.41, 5.74) is 0.470. The van der Waals surface area contributed by atoms with Gasteiger partial charge in [-0.2, -0.15) is 0 Å². The van der Waals surface area contributed by atoms with E-state index in [0.29, 0.717) is 5.56 Å². The predicted octanol–water partition coefficient (Wildman–Crippen LogP) is -1.28. The molecule has 1 aromatic heterocycles. The molecule has 4 N–H and O–H groups in total. The van der Waals surface area contributed by atoms with Gasteiger partial charge in [-0.15, -0.1) is 0 Å². The molecule has 0 aliphatic carbocycles. The van der Waals surface area contributed by atoms with Crippen LogP contribution in [0.15, 0.2) is 18.3 Å². The van der Waals surface area contributed by atoms with Gasteiger partial charge in [0, 0.05) is 13.1 Å². The molecule has 1 aromatic rings. The molecule has 0 aromatic carbocycles. The summed E-state index contributed by atoms with van der Waals surface area (Å²) in [6.07, 6.45) is 1.49. The quantitative estimate of drug-likeness (QED) is 0.538. The predicted molar refractivity (Wildman–Crippen MR) is 57.1 cm³/mol. The van der Waals surface area contributed by atoms with Crippen LogP contribution in [0.1, 0.15) is 12.5 Å². The SMILES string of the molecule is CC(=O)C(=[NH2+])c1cccnc1NCC(=O)O. The lowest BCUT2D eigenvalue weighted by molar-refractivity contribution is -0.135. The van der Waals surface area contributed by atoms with Gasteiger partial charge in [0.25, 0.3) is 5.71 Å². The van der Waals surface area contributed by atoms with Crippen LogP contribution in [0.4, 0.5) is 5.82 Å². The van der Waals surface area contributed by atoms with Crippen LogP contribution in [-0.4, -0.2) is 34.1 Å². The van der Waals surface area contributed by atoms with Crippen molar-refractivity contribution in [1.82, 2.24) is 4.98 Å². The van der Waals surface area contributed by atoms with Gasteiger partial charge < -0.3 is 10.4 Å². The van der Waals surface area contributed by atoms with E-state index in [0.717, 1.165) is 0 Å². The molecule has 0 unspecified atom stereocenters. The lowest BCUT2D eigenvalue weighted by Gasteiger charge is -2.05. The number of aliphatic carboxylic acids is 1. The third kappa shape index (κ3) is 2.88. The van der Waals surface area contributed by atoms with Gasteiger partial charge in [-0.3, -0.25) is 15.0 Å².